The highest BCUT2D eigenvalue weighted by molar-refractivity contribution is 7.98. The Bertz CT molecular complexity index is 203. The normalized spacial score (nSPS) is 19.1. The molecular weight excluding hydrogens is 208 g/mol. The first-order valence-electron chi connectivity index (χ1n) is 5.75. The average molecular weight is 230 g/mol. The van der Waals surface area contributed by atoms with Crippen molar-refractivity contribution < 1.29 is 4.79 Å². The van der Waals surface area contributed by atoms with Gasteiger partial charge in [0.05, 0.1) is 5.54 Å². The SMILES string of the molecule is CSCCCCNC(=O)C1(N)CCCC1. The Morgan fingerprint density at radius 3 is 2.67 bits per heavy atom. The second kappa shape index (κ2) is 6.38. The summed E-state index contributed by atoms with van der Waals surface area (Å²) in [7, 11) is 0. The number of nitrogens with one attached hydrogen (secondary N) is 1. The molecule has 1 amide bonds. The molecule has 1 aliphatic rings. The van der Waals surface area contributed by atoms with Gasteiger partial charge in [0, 0.05) is 6.54 Å². The molecule has 0 atom stereocenters. The van der Waals surface area contributed by atoms with Gasteiger partial charge in [-0.15, -0.1) is 0 Å². The fraction of sp³-hybridized carbons (Fsp3) is 0.909. The third kappa shape index (κ3) is 4.03. The largest absolute Gasteiger partial charge is 0.355 e. The van der Waals surface area contributed by atoms with Crippen molar-refractivity contribution in [2.24, 2.45) is 5.73 Å². The second-order valence-electron chi connectivity index (χ2n) is 4.32. The van der Waals surface area contributed by atoms with E-state index in [4.69, 9.17) is 5.73 Å². The lowest BCUT2D eigenvalue weighted by Crippen LogP contribution is -2.52. The Labute approximate surface area is 96.6 Å². The molecular formula is C11H22N2OS. The van der Waals surface area contributed by atoms with Crippen LogP contribution in [-0.4, -0.2) is 30.0 Å². The molecule has 88 valence electrons. The third-order valence-electron chi connectivity index (χ3n) is 3.01. The van der Waals surface area contributed by atoms with Gasteiger partial charge < -0.3 is 11.1 Å². The molecule has 0 spiro atoms. The molecule has 0 heterocycles. The fourth-order valence-electron chi connectivity index (χ4n) is 1.98. The number of hydrogen-bond acceptors (Lipinski definition) is 3. The van der Waals surface area contributed by atoms with Crippen molar-refractivity contribution >= 4 is 17.7 Å². The number of hydrogen-bond donors (Lipinski definition) is 2. The van der Waals surface area contributed by atoms with Crippen LogP contribution in [-0.2, 0) is 4.79 Å². The van der Waals surface area contributed by atoms with Gasteiger partial charge in [-0.3, -0.25) is 4.79 Å². The highest BCUT2D eigenvalue weighted by Gasteiger charge is 2.36. The van der Waals surface area contributed by atoms with Crippen LogP contribution in [0, 0.1) is 0 Å². The van der Waals surface area contributed by atoms with Crippen LogP contribution in [0.25, 0.3) is 0 Å². The van der Waals surface area contributed by atoms with E-state index in [1.807, 2.05) is 11.8 Å². The Hall–Kier alpha value is -0.220. The van der Waals surface area contributed by atoms with Gasteiger partial charge in [0.1, 0.15) is 0 Å². The highest BCUT2D eigenvalue weighted by atomic mass is 32.2. The van der Waals surface area contributed by atoms with Crippen molar-refractivity contribution in [3.63, 3.8) is 0 Å². The van der Waals surface area contributed by atoms with Gasteiger partial charge >= 0.3 is 0 Å². The van der Waals surface area contributed by atoms with E-state index in [0.717, 1.165) is 38.6 Å². The molecule has 15 heavy (non-hydrogen) atoms. The van der Waals surface area contributed by atoms with Crippen LogP contribution in [0.1, 0.15) is 38.5 Å². The quantitative estimate of drug-likeness (QED) is 0.680. The number of rotatable bonds is 6. The zero-order chi connectivity index (χ0) is 11.1. The number of carbonyl (C=O) groups is 1. The maximum Gasteiger partial charge on any atom is 0.240 e. The second-order valence-corrected chi connectivity index (χ2v) is 5.30. The number of carbonyl (C=O) groups excluding carboxylic acids is 1. The smallest absolute Gasteiger partial charge is 0.240 e. The van der Waals surface area contributed by atoms with E-state index in [9.17, 15) is 4.79 Å². The zero-order valence-electron chi connectivity index (χ0n) is 9.55. The van der Waals surface area contributed by atoms with Gasteiger partial charge in [0.15, 0.2) is 0 Å². The van der Waals surface area contributed by atoms with E-state index in [0.29, 0.717) is 0 Å². The molecule has 1 rings (SSSR count). The highest BCUT2D eigenvalue weighted by Crippen LogP contribution is 2.27. The van der Waals surface area contributed by atoms with E-state index in [-0.39, 0.29) is 5.91 Å². The molecule has 0 aromatic heterocycles. The molecule has 0 unspecified atom stereocenters. The van der Waals surface area contributed by atoms with Crippen molar-refractivity contribution in [3.8, 4) is 0 Å². The van der Waals surface area contributed by atoms with Crippen LogP contribution in [0.4, 0.5) is 0 Å². The summed E-state index contributed by atoms with van der Waals surface area (Å²) >= 11 is 1.85. The zero-order valence-corrected chi connectivity index (χ0v) is 10.4. The van der Waals surface area contributed by atoms with E-state index >= 15 is 0 Å². The summed E-state index contributed by atoms with van der Waals surface area (Å²) in [5.74, 6) is 1.23. The van der Waals surface area contributed by atoms with Crippen molar-refractivity contribution in [3.05, 3.63) is 0 Å². The lowest BCUT2D eigenvalue weighted by atomic mass is 9.98. The van der Waals surface area contributed by atoms with Crippen molar-refractivity contribution in [1.29, 1.82) is 0 Å². The lowest BCUT2D eigenvalue weighted by molar-refractivity contribution is -0.126. The first-order chi connectivity index (χ1) is 7.19. The van der Waals surface area contributed by atoms with Gasteiger partial charge in [-0.1, -0.05) is 12.8 Å². The Morgan fingerprint density at radius 2 is 2.07 bits per heavy atom. The van der Waals surface area contributed by atoms with E-state index in [1.165, 1.54) is 12.2 Å². The lowest BCUT2D eigenvalue weighted by Gasteiger charge is -2.22. The molecule has 0 saturated heterocycles. The van der Waals surface area contributed by atoms with Crippen molar-refractivity contribution in [1.82, 2.24) is 5.32 Å². The molecule has 1 saturated carbocycles. The number of amides is 1. The standard InChI is InChI=1S/C11H22N2OS/c1-15-9-5-4-8-13-10(14)11(12)6-2-3-7-11/h2-9,12H2,1H3,(H,13,14). The molecule has 1 aliphatic carbocycles. The molecule has 3 N–H and O–H groups in total. The number of nitrogens with two attached hydrogens (primary N) is 1. The van der Waals surface area contributed by atoms with Gasteiger partial charge in [-0.2, -0.15) is 11.8 Å². The fourth-order valence-corrected chi connectivity index (χ4v) is 2.48. The minimum Gasteiger partial charge on any atom is -0.355 e. The summed E-state index contributed by atoms with van der Waals surface area (Å²) in [6, 6.07) is 0. The van der Waals surface area contributed by atoms with Gasteiger partial charge in [-0.25, -0.2) is 0 Å². The summed E-state index contributed by atoms with van der Waals surface area (Å²) in [6.45, 7) is 0.776. The summed E-state index contributed by atoms with van der Waals surface area (Å²) in [5.41, 5.74) is 5.47. The average Bonchev–Trinajstić information content (AvgIpc) is 2.66. The van der Waals surface area contributed by atoms with Gasteiger partial charge in [0.25, 0.3) is 0 Å². The van der Waals surface area contributed by atoms with Crippen molar-refractivity contribution in [2.45, 2.75) is 44.1 Å². The molecule has 1 fully saturated rings. The third-order valence-corrected chi connectivity index (χ3v) is 3.71. The summed E-state index contributed by atoms with van der Waals surface area (Å²) in [4.78, 5) is 11.8. The molecule has 0 aromatic carbocycles. The molecule has 0 aromatic rings. The monoisotopic (exact) mass is 230 g/mol. The number of unbranched alkanes of at least 4 members (excludes halogenated alkanes) is 1. The van der Waals surface area contributed by atoms with Gasteiger partial charge in [0.2, 0.25) is 5.91 Å². The van der Waals surface area contributed by atoms with Crippen LogP contribution in [0.3, 0.4) is 0 Å². The maximum absolute atomic E-state index is 11.8. The van der Waals surface area contributed by atoms with Crippen LogP contribution >= 0.6 is 11.8 Å². The Balaban J connectivity index is 2.12. The topological polar surface area (TPSA) is 55.1 Å². The number of thioether (sulfide) groups is 1. The molecule has 3 nitrogen and oxygen atoms in total. The molecule has 0 aliphatic heterocycles. The van der Waals surface area contributed by atoms with Gasteiger partial charge in [-0.05, 0) is 37.7 Å². The van der Waals surface area contributed by atoms with Crippen LogP contribution in [0.15, 0.2) is 0 Å². The first-order valence-corrected chi connectivity index (χ1v) is 7.14. The molecule has 0 bridgehead atoms. The Morgan fingerprint density at radius 1 is 1.40 bits per heavy atom. The van der Waals surface area contributed by atoms with Crippen molar-refractivity contribution in [2.75, 3.05) is 18.6 Å². The molecule has 4 heteroatoms. The molecule has 0 radical (unpaired) electrons. The maximum atomic E-state index is 11.8. The minimum absolute atomic E-state index is 0.0594. The Kier molecular flexibility index (Phi) is 5.47. The predicted octanol–water partition coefficient (Wildman–Crippen LogP) is 1.52. The van der Waals surface area contributed by atoms with E-state index < -0.39 is 5.54 Å². The van der Waals surface area contributed by atoms with Crippen LogP contribution in [0.2, 0.25) is 0 Å². The summed E-state index contributed by atoms with van der Waals surface area (Å²) < 4.78 is 0. The van der Waals surface area contributed by atoms with Crippen LogP contribution < -0.4 is 11.1 Å². The minimum atomic E-state index is -0.556. The summed E-state index contributed by atoms with van der Waals surface area (Å²) in [5, 5.41) is 2.95. The van der Waals surface area contributed by atoms with Crippen LogP contribution in [0.5, 0.6) is 0 Å². The van der Waals surface area contributed by atoms with E-state index in [2.05, 4.69) is 11.6 Å². The first kappa shape index (κ1) is 12.8. The summed E-state index contributed by atoms with van der Waals surface area (Å²) in [6.07, 6.45) is 8.22. The predicted molar refractivity (Wildman–Crippen MR) is 66.0 cm³/mol. The van der Waals surface area contributed by atoms with E-state index in [1.54, 1.807) is 0 Å².